The molecule has 1 aromatic carbocycles. The average molecular weight is 418 g/mol. The van der Waals surface area contributed by atoms with E-state index < -0.39 is 0 Å². The Balaban J connectivity index is 1.58. The van der Waals surface area contributed by atoms with E-state index in [2.05, 4.69) is 25.4 Å². The number of benzene rings is 1. The molecule has 3 heterocycles. The van der Waals surface area contributed by atoms with Crippen LogP contribution >= 0.6 is 0 Å². The molecule has 1 fully saturated rings. The van der Waals surface area contributed by atoms with Crippen LogP contribution in [-0.2, 0) is 11.3 Å². The molecule has 2 aromatic heterocycles. The van der Waals surface area contributed by atoms with E-state index in [0.29, 0.717) is 12.8 Å². The number of nitrogens with two attached hydrogens (primary N) is 1. The Bertz CT molecular complexity index is 1150. The van der Waals surface area contributed by atoms with Gasteiger partial charge in [0, 0.05) is 43.0 Å². The van der Waals surface area contributed by atoms with Crippen molar-refractivity contribution in [2.24, 2.45) is 5.16 Å². The van der Waals surface area contributed by atoms with Crippen molar-refractivity contribution in [1.29, 1.82) is 0 Å². The van der Waals surface area contributed by atoms with Crippen LogP contribution in [-0.4, -0.2) is 39.9 Å². The lowest BCUT2D eigenvalue weighted by molar-refractivity contribution is 0.0227. The van der Waals surface area contributed by atoms with Crippen molar-refractivity contribution in [1.82, 2.24) is 20.3 Å². The van der Waals surface area contributed by atoms with Crippen LogP contribution in [0.4, 0.5) is 10.3 Å². The minimum Gasteiger partial charge on any atom is -0.390 e. The molecule has 1 aliphatic carbocycles. The summed E-state index contributed by atoms with van der Waals surface area (Å²) < 4.78 is 14.2. The molecule has 2 aliphatic rings. The molecular formula is C23H23FN6O. The van der Waals surface area contributed by atoms with Gasteiger partial charge in [0.15, 0.2) is 6.10 Å². The van der Waals surface area contributed by atoms with E-state index in [9.17, 15) is 4.39 Å². The number of nitrogen functional groups attached to an aromatic ring is 1. The maximum Gasteiger partial charge on any atom is 0.220 e. The lowest BCUT2D eigenvalue weighted by Crippen LogP contribution is -2.47. The van der Waals surface area contributed by atoms with Crippen molar-refractivity contribution in [3.63, 3.8) is 0 Å². The normalized spacial score (nSPS) is 19.7. The Hall–Kier alpha value is -3.39. The van der Waals surface area contributed by atoms with E-state index in [-0.39, 0.29) is 23.8 Å². The Morgan fingerprint density at radius 1 is 1.19 bits per heavy atom. The number of anilines is 1. The van der Waals surface area contributed by atoms with Crippen LogP contribution in [0.25, 0.3) is 11.1 Å². The van der Waals surface area contributed by atoms with E-state index in [4.69, 9.17) is 10.6 Å². The summed E-state index contributed by atoms with van der Waals surface area (Å²) in [6.07, 6.45) is 4.83. The Labute approximate surface area is 179 Å². The van der Waals surface area contributed by atoms with Crippen molar-refractivity contribution in [2.45, 2.75) is 31.8 Å². The summed E-state index contributed by atoms with van der Waals surface area (Å²) >= 11 is 0. The molecule has 31 heavy (non-hydrogen) atoms. The van der Waals surface area contributed by atoms with Crippen molar-refractivity contribution < 1.29 is 9.23 Å². The minimum absolute atomic E-state index is 0.0406. The molecule has 7 nitrogen and oxygen atoms in total. The number of hydrogen-bond donors (Lipinski definition) is 2. The highest BCUT2D eigenvalue weighted by Gasteiger charge is 2.31. The van der Waals surface area contributed by atoms with Gasteiger partial charge in [0.1, 0.15) is 5.82 Å². The first-order valence-electron chi connectivity index (χ1n) is 10.3. The number of pyridine rings is 1. The second-order valence-corrected chi connectivity index (χ2v) is 7.99. The lowest BCUT2D eigenvalue weighted by atomic mass is 9.78. The molecule has 0 unspecified atom stereocenters. The fraction of sp³-hybridized carbons (Fsp3) is 0.304. The molecule has 5 rings (SSSR count). The van der Waals surface area contributed by atoms with E-state index >= 15 is 0 Å². The molecule has 1 atom stereocenters. The number of halogens is 1. The van der Waals surface area contributed by atoms with Crippen LogP contribution in [0.15, 0.2) is 47.9 Å². The molecule has 0 saturated carbocycles. The van der Waals surface area contributed by atoms with Crippen LogP contribution in [0.1, 0.15) is 34.9 Å². The van der Waals surface area contributed by atoms with Gasteiger partial charge in [0.2, 0.25) is 5.95 Å². The Kier molecular flexibility index (Phi) is 5.07. The molecule has 3 aromatic rings. The smallest absolute Gasteiger partial charge is 0.220 e. The van der Waals surface area contributed by atoms with E-state index in [0.717, 1.165) is 52.4 Å². The van der Waals surface area contributed by atoms with Gasteiger partial charge < -0.3 is 15.9 Å². The SMILES string of the molecule is Cc1nc(N)nc2c1C(=NOC1CNC1)C[C@H](c1ccc(F)cc1-c1cccnc1)C2. The number of hydrogen-bond acceptors (Lipinski definition) is 7. The fourth-order valence-electron chi connectivity index (χ4n) is 4.25. The van der Waals surface area contributed by atoms with Crippen LogP contribution in [0.3, 0.4) is 0 Å². The topological polar surface area (TPSA) is 98.3 Å². The van der Waals surface area contributed by atoms with Crippen LogP contribution < -0.4 is 11.1 Å². The number of oxime groups is 1. The quantitative estimate of drug-likeness (QED) is 0.632. The lowest BCUT2D eigenvalue weighted by Gasteiger charge is -2.29. The summed E-state index contributed by atoms with van der Waals surface area (Å²) in [4.78, 5) is 18.8. The highest BCUT2D eigenvalue weighted by atomic mass is 19.1. The van der Waals surface area contributed by atoms with E-state index in [1.165, 1.54) is 6.07 Å². The van der Waals surface area contributed by atoms with Gasteiger partial charge in [0.05, 0.1) is 17.1 Å². The Morgan fingerprint density at radius 3 is 2.81 bits per heavy atom. The van der Waals surface area contributed by atoms with Gasteiger partial charge in [-0.05, 0) is 48.6 Å². The van der Waals surface area contributed by atoms with Crippen molar-refractivity contribution >= 4 is 11.7 Å². The molecule has 8 heteroatoms. The highest BCUT2D eigenvalue weighted by molar-refractivity contribution is 6.03. The molecule has 0 radical (unpaired) electrons. The molecule has 1 saturated heterocycles. The van der Waals surface area contributed by atoms with Crippen molar-refractivity contribution in [3.05, 3.63) is 71.1 Å². The van der Waals surface area contributed by atoms with Crippen LogP contribution in [0.5, 0.6) is 0 Å². The average Bonchev–Trinajstić information content (AvgIpc) is 2.72. The molecule has 1 aliphatic heterocycles. The van der Waals surface area contributed by atoms with E-state index in [1.807, 2.05) is 25.1 Å². The minimum atomic E-state index is -0.282. The molecule has 0 spiro atoms. The Morgan fingerprint density at radius 2 is 2.06 bits per heavy atom. The summed E-state index contributed by atoms with van der Waals surface area (Å²) in [5, 5.41) is 7.68. The number of rotatable bonds is 4. The van der Waals surface area contributed by atoms with Crippen molar-refractivity contribution in [2.75, 3.05) is 18.8 Å². The number of nitrogens with zero attached hydrogens (tertiary/aromatic N) is 4. The summed E-state index contributed by atoms with van der Waals surface area (Å²) in [5.41, 5.74) is 12.0. The largest absolute Gasteiger partial charge is 0.390 e. The zero-order valence-electron chi connectivity index (χ0n) is 17.2. The monoisotopic (exact) mass is 418 g/mol. The summed E-state index contributed by atoms with van der Waals surface area (Å²) in [6, 6.07) is 8.70. The van der Waals surface area contributed by atoms with Crippen molar-refractivity contribution in [3.8, 4) is 11.1 Å². The summed E-state index contributed by atoms with van der Waals surface area (Å²) in [7, 11) is 0. The number of nitrogens with one attached hydrogen (secondary N) is 1. The van der Waals surface area contributed by atoms with Gasteiger partial charge in [0.25, 0.3) is 0 Å². The first kappa shape index (κ1) is 19.6. The summed E-state index contributed by atoms with van der Waals surface area (Å²) in [6.45, 7) is 3.48. The van der Waals surface area contributed by atoms with Crippen LogP contribution in [0.2, 0.25) is 0 Å². The molecule has 0 amide bonds. The predicted molar refractivity (Wildman–Crippen MR) is 116 cm³/mol. The third-order valence-corrected chi connectivity index (χ3v) is 5.83. The first-order valence-corrected chi connectivity index (χ1v) is 10.3. The number of fused-ring (bicyclic) bond motifs is 1. The van der Waals surface area contributed by atoms with Gasteiger partial charge >= 0.3 is 0 Å². The van der Waals surface area contributed by atoms with Crippen LogP contribution in [0, 0.1) is 12.7 Å². The van der Waals surface area contributed by atoms with Gasteiger partial charge in [-0.25, -0.2) is 14.4 Å². The maximum absolute atomic E-state index is 14.2. The molecule has 3 N–H and O–H groups in total. The molecular weight excluding hydrogens is 395 g/mol. The number of aromatic nitrogens is 3. The zero-order valence-corrected chi connectivity index (χ0v) is 17.2. The molecule has 0 bridgehead atoms. The standard InChI is InChI=1S/C23H23FN6O/c1-13-22-20(29-23(25)28-13)7-15(8-21(22)30-31-17-11-27-12-17)18-5-4-16(24)9-19(18)14-3-2-6-26-10-14/h2-6,9-10,15,17,27H,7-8,11-12H2,1H3,(H2,25,28,29)/t15-/m1/s1. The van der Waals surface area contributed by atoms with Gasteiger partial charge in [-0.1, -0.05) is 17.3 Å². The third kappa shape index (κ3) is 3.86. The maximum atomic E-state index is 14.2. The zero-order chi connectivity index (χ0) is 21.4. The third-order valence-electron chi connectivity index (χ3n) is 5.83. The highest BCUT2D eigenvalue weighted by Crippen LogP contribution is 2.38. The molecule has 158 valence electrons. The second-order valence-electron chi connectivity index (χ2n) is 7.99. The number of aryl methyl sites for hydroxylation is 1. The predicted octanol–water partition coefficient (Wildman–Crippen LogP) is 2.99. The van der Waals surface area contributed by atoms with Gasteiger partial charge in [-0.15, -0.1) is 0 Å². The second kappa shape index (κ2) is 8.03. The fourth-order valence-corrected chi connectivity index (χ4v) is 4.25. The summed E-state index contributed by atoms with van der Waals surface area (Å²) in [5.74, 6) is 0.00163. The van der Waals surface area contributed by atoms with Gasteiger partial charge in [-0.3, -0.25) is 4.98 Å². The van der Waals surface area contributed by atoms with Gasteiger partial charge in [-0.2, -0.15) is 0 Å². The first-order chi connectivity index (χ1) is 15.1. The van der Waals surface area contributed by atoms with E-state index in [1.54, 1.807) is 18.5 Å².